The topological polar surface area (TPSA) is 68.7 Å². The van der Waals surface area contributed by atoms with Crippen LogP contribution in [0.4, 0.5) is 0 Å². The molecule has 22 heavy (non-hydrogen) atoms. The van der Waals surface area contributed by atoms with Crippen molar-refractivity contribution < 1.29 is 17.9 Å². The number of methoxy groups -OCH3 is 1. The molecule has 6 nitrogen and oxygen atoms in total. The molecule has 8 heteroatoms. The molecule has 2 aromatic rings. The van der Waals surface area contributed by atoms with Crippen LogP contribution in [0.25, 0.3) is 10.2 Å². The van der Waals surface area contributed by atoms with Gasteiger partial charge in [0.2, 0.25) is 10.0 Å². The van der Waals surface area contributed by atoms with Gasteiger partial charge in [-0.05, 0) is 31.0 Å². The highest BCUT2D eigenvalue weighted by molar-refractivity contribution is 7.88. The molecule has 1 aromatic heterocycles. The van der Waals surface area contributed by atoms with Crippen LogP contribution in [0.1, 0.15) is 12.8 Å². The average Bonchev–Trinajstić information content (AvgIpc) is 2.88. The zero-order valence-corrected chi connectivity index (χ0v) is 14.1. The number of hydrogen-bond donors (Lipinski definition) is 0. The lowest BCUT2D eigenvalue weighted by Gasteiger charge is -2.29. The molecule has 0 atom stereocenters. The summed E-state index contributed by atoms with van der Waals surface area (Å²) in [7, 11) is -1.47. The van der Waals surface area contributed by atoms with Gasteiger partial charge in [0.1, 0.15) is 11.9 Å². The van der Waals surface area contributed by atoms with Crippen LogP contribution < -0.4 is 9.47 Å². The molecule has 0 unspecified atom stereocenters. The minimum absolute atomic E-state index is 0.0143. The number of nitrogens with zero attached hydrogens (tertiary/aromatic N) is 2. The number of rotatable bonds is 4. The SMILES string of the molecule is COc1ccc2nc(OC3CCN(S(C)(=O)=O)CC3)sc2c1. The van der Waals surface area contributed by atoms with Crippen LogP contribution in [0.3, 0.4) is 0 Å². The smallest absolute Gasteiger partial charge is 0.274 e. The number of fused-ring (bicyclic) bond motifs is 1. The van der Waals surface area contributed by atoms with Crippen LogP contribution in [-0.2, 0) is 10.0 Å². The number of aromatic nitrogens is 1. The molecule has 0 amide bonds. The molecule has 0 spiro atoms. The van der Waals surface area contributed by atoms with Crippen LogP contribution in [0.2, 0.25) is 0 Å². The van der Waals surface area contributed by atoms with E-state index in [1.165, 1.54) is 21.9 Å². The summed E-state index contributed by atoms with van der Waals surface area (Å²) >= 11 is 1.48. The minimum atomic E-state index is -3.10. The number of sulfonamides is 1. The predicted molar refractivity (Wildman–Crippen MR) is 86.2 cm³/mol. The van der Waals surface area contributed by atoms with Crippen molar-refractivity contribution in [3.63, 3.8) is 0 Å². The van der Waals surface area contributed by atoms with Crippen molar-refractivity contribution in [2.24, 2.45) is 0 Å². The molecule has 0 radical (unpaired) electrons. The number of piperidine rings is 1. The zero-order valence-electron chi connectivity index (χ0n) is 12.5. The van der Waals surface area contributed by atoms with Crippen molar-refractivity contribution in [2.45, 2.75) is 18.9 Å². The van der Waals surface area contributed by atoms with Gasteiger partial charge in [-0.25, -0.2) is 17.7 Å². The maximum Gasteiger partial charge on any atom is 0.274 e. The Hall–Kier alpha value is -1.38. The predicted octanol–water partition coefficient (Wildman–Crippen LogP) is 2.11. The second kappa shape index (κ2) is 6.02. The first kappa shape index (κ1) is 15.5. The van der Waals surface area contributed by atoms with Gasteiger partial charge >= 0.3 is 0 Å². The van der Waals surface area contributed by atoms with Crippen molar-refractivity contribution in [1.82, 2.24) is 9.29 Å². The van der Waals surface area contributed by atoms with Gasteiger partial charge in [0.25, 0.3) is 5.19 Å². The highest BCUT2D eigenvalue weighted by Gasteiger charge is 2.26. The Labute approximate surface area is 133 Å². The molecule has 0 bridgehead atoms. The molecule has 0 aliphatic carbocycles. The number of ether oxygens (including phenoxy) is 2. The van der Waals surface area contributed by atoms with Gasteiger partial charge < -0.3 is 9.47 Å². The fraction of sp³-hybridized carbons (Fsp3) is 0.500. The van der Waals surface area contributed by atoms with E-state index in [-0.39, 0.29) is 6.10 Å². The molecule has 1 saturated heterocycles. The van der Waals surface area contributed by atoms with Crippen LogP contribution in [0.5, 0.6) is 10.9 Å². The largest absolute Gasteiger partial charge is 0.497 e. The molecular weight excluding hydrogens is 324 g/mol. The van der Waals surface area contributed by atoms with E-state index in [1.807, 2.05) is 18.2 Å². The summed E-state index contributed by atoms with van der Waals surface area (Å²) in [5.74, 6) is 0.796. The zero-order chi connectivity index (χ0) is 15.7. The Kier molecular flexibility index (Phi) is 4.24. The van der Waals surface area contributed by atoms with Gasteiger partial charge in [0.15, 0.2) is 0 Å². The van der Waals surface area contributed by atoms with Gasteiger partial charge in [-0.2, -0.15) is 0 Å². The van der Waals surface area contributed by atoms with Gasteiger partial charge in [-0.1, -0.05) is 11.3 Å². The third-order valence-corrected chi connectivity index (χ3v) is 5.93. The van der Waals surface area contributed by atoms with Gasteiger partial charge in [-0.3, -0.25) is 0 Å². The van der Waals surface area contributed by atoms with E-state index < -0.39 is 10.0 Å². The van der Waals surface area contributed by atoms with E-state index in [0.29, 0.717) is 31.1 Å². The minimum Gasteiger partial charge on any atom is -0.497 e. The summed E-state index contributed by atoms with van der Waals surface area (Å²) < 4.78 is 36.6. The third-order valence-electron chi connectivity index (χ3n) is 3.71. The van der Waals surface area contributed by atoms with Crippen molar-refractivity contribution >= 4 is 31.6 Å². The highest BCUT2D eigenvalue weighted by atomic mass is 32.2. The average molecular weight is 342 g/mol. The number of thiazole rings is 1. The lowest BCUT2D eigenvalue weighted by Crippen LogP contribution is -2.41. The normalized spacial score (nSPS) is 17.7. The second-order valence-electron chi connectivity index (χ2n) is 5.29. The monoisotopic (exact) mass is 342 g/mol. The fourth-order valence-corrected chi connectivity index (χ4v) is 4.27. The van der Waals surface area contributed by atoms with Crippen LogP contribution in [-0.4, -0.2) is 50.3 Å². The van der Waals surface area contributed by atoms with Crippen LogP contribution in [0.15, 0.2) is 18.2 Å². The van der Waals surface area contributed by atoms with E-state index >= 15 is 0 Å². The van der Waals surface area contributed by atoms with Gasteiger partial charge in [-0.15, -0.1) is 0 Å². The van der Waals surface area contributed by atoms with Gasteiger partial charge in [0.05, 0.1) is 23.6 Å². The second-order valence-corrected chi connectivity index (χ2v) is 8.27. The lowest BCUT2D eigenvalue weighted by atomic mass is 10.1. The van der Waals surface area contributed by atoms with Gasteiger partial charge in [0, 0.05) is 13.1 Å². The summed E-state index contributed by atoms with van der Waals surface area (Å²) in [6, 6.07) is 5.71. The van der Waals surface area contributed by atoms with E-state index in [2.05, 4.69) is 4.98 Å². The molecule has 1 aliphatic rings. The summed E-state index contributed by atoms with van der Waals surface area (Å²) in [4.78, 5) is 4.46. The Morgan fingerprint density at radius 2 is 2.05 bits per heavy atom. The number of benzene rings is 1. The van der Waals surface area contributed by atoms with E-state index in [1.54, 1.807) is 7.11 Å². The summed E-state index contributed by atoms with van der Waals surface area (Å²) in [5, 5.41) is 0.626. The number of hydrogen-bond acceptors (Lipinski definition) is 6. The Morgan fingerprint density at radius 3 is 2.68 bits per heavy atom. The summed E-state index contributed by atoms with van der Waals surface area (Å²) in [6.07, 6.45) is 2.63. The van der Waals surface area contributed by atoms with E-state index in [9.17, 15) is 8.42 Å². The Bertz CT molecular complexity index is 764. The summed E-state index contributed by atoms with van der Waals surface area (Å²) in [5.41, 5.74) is 0.884. The molecular formula is C14H18N2O4S2. The van der Waals surface area contributed by atoms with Crippen molar-refractivity contribution in [3.05, 3.63) is 18.2 Å². The molecule has 120 valence electrons. The molecule has 1 fully saturated rings. The lowest BCUT2D eigenvalue weighted by molar-refractivity contribution is 0.135. The quantitative estimate of drug-likeness (QED) is 0.851. The molecule has 0 saturated carbocycles. The summed E-state index contributed by atoms with van der Waals surface area (Å²) in [6.45, 7) is 1.00. The first-order chi connectivity index (χ1) is 10.5. The van der Waals surface area contributed by atoms with Crippen molar-refractivity contribution in [3.8, 4) is 10.9 Å². The fourth-order valence-electron chi connectivity index (χ4n) is 2.49. The third kappa shape index (κ3) is 3.34. The molecule has 1 aliphatic heterocycles. The first-order valence-corrected chi connectivity index (χ1v) is 9.68. The van der Waals surface area contributed by atoms with E-state index in [4.69, 9.17) is 9.47 Å². The Balaban J connectivity index is 1.67. The maximum absolute atomic E-state index is 11.5. The standard InChI is InChI=1S/C14H18N2O4S2/c1-19-11-3-4-12-13(9-11)21-14(15-12)20-10-5-7-16(8-6-10)22(2,17)18/h3-4,9-10H,5-8H2,1-2H3. The molecule has 1 aromatic carbocycles. The first-order valence-electron chi connectivity index (χ1n) is 7.02. The Morgan fingerprint density at radius 1 is 1.32 bits per heavy atom. The van der Waals surface area contributed by atoms with Crippen LogP contribution >= 0.6 is 11.3 Å². The van der Waals surface area contributed by atoms with Crippen molar-refractivity contribution in [1.29, 1.82) is 0 Å². The van der Waals surface area contributed by atoms with E-state index in [0.717, 1.165) is 16.0 Å². The molecule has 3 rings (SSSR count). The molecule has 2 heterocycles. The molecule has 0 N–H and O–H groups in total. The maximum atomic E-state index is 11.5. The van der Waals surface area contributed by atoms with Crippen molar-refractivity contribution in [2.75, 3.05) is 26.5 Å². The van der Waals surface area contributed by atoms with Crippen LogP contribution in [0, 0.1) is 0 Å². The highest BCUT2D eigenvalue weighted by Crippen LogP contribution is 2.32.